The Balaban J connectivity index is 1.93. The van der Waals surface area contributed by atoms with Gasteiger partial charge in [0.1, 0.15) is 12.2 Å². The number of rotatable bonds is 7. The maximum atomic E-state index is 11.6. The summed E-state index contributed by atoms with van der Waals surface area (Å²) in [6, 6.07) is 2.10. The number of aryl methyl sites for hydroxylation is 1. The molecule has 196 valence electrons. The lowest BCUT2D eigenvalue weighted by molar-refractivity contribution is -0.273. The van der Waals surface area contributed by atoms with Crippen LogP contribution in [-0.2, 0) is 14.3 Å². The van der Waals surface area contributed by atoms with Crippen LogP contribution in [0.25, 0.3) is 0 Å². The number of aliphatic hydroxyl groups excluding tert-OH is 2. The Morgan fingerprint density at radius 3 is 2.51 bits per heavy atom. The van der Waals surface area contributed by atoms with Gasteiger partial charge in [-0.1, -0.05) is 31.6 Å². The van der Waals surface area contributed by atoms with Crippen molar-refractivity contribution in [2.45, 2.75) is 117 Å². The molecule has 5 unspecified atom stereocenters. The second-order valence-corrected chi connectivity index (χ2v) is 10.7. The van der Waals surface area contributed by atoms with Crippen LogP contribution in [0.1, 0.15) is 95.8 Å². The molecule has 0 spiro atoms. The van der Waals surface area contributed by atoms with Crippen LogP contribution in [0.3, 0.4) is 0 Å². The predicted octanol–water partition coefficient (Wildman–Crippen LogP) is 4.84. The molecule has 1 aromatic carbocycles. The summed E-state index contributed by atoms with van der Waals surface area (Å²) >= 11 is 0. The van der Waals surface area contributed by atoms with Gasteiger partial charge < -0.3 is 29.5 Å². The Kier molecular flexibility index (Phi) is 8.89. The number of phenolic OH excluding ortho intramolecular Hbond substituents is 1. The summed E-state index contributed by atoms with van der Waals surface area (Å²) in [5.74, 6) is 0.686. The van der Waals surface area contributed by atoms with Crippen molar-refractivity contribution in [2.24, 2.45) is 5.92 Å². The van der Waals surface area contributed by atoms with Crippen LogP contribution < -0.4 is 4.74 Å². The minimum atomic E-state index is -1.38. The maximum absolute atomic E-state index is 11.6. The Morgan fingerprint density at radius 1 is 1.20 bits per heavy atom. The summed E-state index contributed by atoms with van der Waals surface area (Å²) in [5, 5.41) is 32.1. The van der Waals surface area contributed by atoms with Crippen LogP contribution in [0.4, 0.5) is 0 Å². The number of benzene rings is 1. The average molecular weight is 491 g/mol. The van der Waals surface area contributed by atoms with E-state index in [1.165, 1.54) is 18.1 Å². The molecule has 8 atom stereocenters. The number of phenols is 1. The van der Waals surface area contributed by atoms with Gasteiger partial charge in [-0.2, -0.15) is 0 Å². The summed E-state index contributed by atoms with van der Waals surface area (Å²) < 4.78 is 17.1. The van der Waals surface area contributed by atoms with E-state index < -0.39 is 36.7 Å². The molecular formula is C28H42O7. The molecule has 1 heterocycles. The van der Waals surface area contributed by atoms with E-state index in [2.05, 4.69) is 39.8 Å². The van der Waals surface area contributed by atoms with Gasteiger partial charge in [0.05, 0.1) is 6.10 Å². The van der Waals surface area contributed by atoms with Gasteiger partial charge in [-0.25, -0.2) is 0 Å². The van der Waals surface area contributed by atoms with E-state index in [9.17, 15) is 20.1 Å². The predicted molar refractivity (Wildman–Crippen MR) is 134 cm³/mol. The SMILES string of the molecule is CC(=O)OC1C(Oc2c(C)cc3c(c2O)[C@@H](C)CC[C@@H]3[C@@H](C)CCC=C(C)C)OC(C)C(O)C1O. The highest BCUT2D eigenvalue weighted by Gasteiger charge is 2.47. The third-order valence-corrected chi connectivity index (χ3v) is 7.50. The molecule has 0 bridgehead atoms. The van der Waals surface area contributed by atoms with E-state index in [0.29, 0.717) is 11.8 Å². The molecule has 3 N–H and O–H groups in total. The smallest absolute Gasteiger partial charge is 0.303 e. The van der Waals surface area contributed by atoms with Crippen molar-refractivity contribution in [3.63, 3.8) is 0 Å². The summed E-state index contributed by atoms with van der Waals surface area (Å²) in [5.41, 5.74) is 4.13. The van der Waals surface area contributed by atoms with Crippen LogP contribution >= 0.6 is 0 Å². The Labute approximate surface area is 209 Å². The zero-order chi connectivity index (χ0) is 26.0. The van der Waals surface area contributed by atoms with E-state index in [1.807, 2.05) is 6.92 Å². The van der Waals surface area contributed by atoms with E-state index in [4.69, 9.17) is 14.2 Å². The van der Waals surface area contributed by atoms with Crippen molar-refractivity contribution in [2.75, 3.05) is 0 Å². The Morgan fingerprint density at radius 2 is 1.89 bits per heavy atom. The lowest BCUT2D eigenvalue weighted by Gasteiger charge is -2.41. The van der Waals surface area contributed by atoms with Gasteiger partial charge in [0, 0.05) is 12.5 Å². The minimum Gasteiger partial charge on any atom is -0.504 e. The topological polar surface area (TPSA) is 105 Å². The number of esters is 1. The molecule has 35 heavy (non-hydrogen) atoms. The van der Waals surface area contributed by atoms with Crippen LogP contribution in [0, 0.1) is 12.8 Å². The van der Waals surface area contributed by atoms with Crippen molar-refractivity contribution in [3.05, 3.63) is 34.4 Å². The number of carbonyl (C=O) groups excluding carboxylic acids is 1. The van der Waals surface area contributed by atoms with Crippen molar-refractivity contribution in [1.82, 2.24) is 0 Å². The maximum Gasteiger partial charge on any atom is 0.303 e. The zero-order valence-electron chi connectivity index (χ0n) is 22.1. The standard InChI is InChI=1S/C28H42O7/c1-14(2)9-8-10-15(3)20-12-11-16(4)22-21(20)13-17(5)26(24(22)31)35-28-27(34-19(7)29)25(32)23(30)18(6)33-28/h9,13,15-16,18,20,23,25,27-28,30-32H,8,10-12H2,1-7H3/t15-,16-,18?,20+,23?,25?,27?,28?/m0/s1. The van der Waals surface area contributed by atoms with E-state index in [-0.39, 0.29) is 17.4 Å². The molecule has 1 aliphatic heterocycles. The number of aliphatic hydroxyl groups is 2. The molecule has 0 amide bonds. The number of fused-ring (bicyclic) bond motifs is 1. The molecule has 1 saturated heterocycles. The highest BCUT2D eigenvalue weighted by atomic mass is 16.7. The van der Waals surface area contributed by atoms with Crippen molar-refractivity contribution >= 4 is 5.97 Å². The first-order chi connectivity index (χ1) is 16.4. The van der Waals surface area contributed by atoms with Gasteiger partial charge in [0.15, 0.2) is 17.6 Å². The number of allylic oxidation sites excluding steroid dienone is 2. The monoisotopic (exact) mass is 490 g/mol. The molecule has 0 radical (unpaired) electrons. The first kappa shape index (κ1) is 27.5. The molecule has 1 aromatic rings. The van der Waals surface area contributed by atoms with Crippen LogP contribution in [0.2, 0.25) is 0 Å². The van der Waals surface area contributed by atoms with Crippen molar-refractivity contribution < 1.29 is 34.3 Å². The normalized spacial score (nSPS) is 31.3. The Bertz CT molecular complexity index is 936. The average Bonchev–Trinajstić information content (AvgIpc) is 2.76. The molecule has 3 rings (SSSR count). The highest BCUT2D eigenvalue weighted by Crippen LogP contribution is 2.51. The number of hydrogen-bond acceptors (Lipinski definition) is 7. The highest BCUT2D eigenvalue weighted by molar-refractivity contribution is 5.66. The zero-order valence-corrected chi connectivity index (χ0v) is 22.1. The van der Waals surface area contributed by atoms with Crippen molar-refractivity contribution in [3.8, 4) is 11.5 Å². The molecule has 1 fully saturated rings. The lowest BCUT2D eigenvalue weighted by atomic mass is 9.70. The molecule has 2 aliphatic rings. The second kappa shape index (κ2) is 11.3. The molecular weight excluding hydrogens is 448 g/mol. The molecule has 0 aromatic heterocycles. The van der Waals surface area contributed by atoms with Crippen molar-refractivity contribution in [1.29, 1.82) is 0 Å². The molecule has 7 heteroatoms. The van der Waals surface area contributed by atoms with Crippen LogP contribution in [0.5, 0.6) is 11.5 Å². The lowest BCUT2D eigenvalue weighted by Crippen LogP contribution is -2.59. The van der Waals surface area contributed by atoms with Gasteiger partial charge in [-0.3, -0.25) is 4.79 Å². The van der Waals surface area contributed by atoms with Crippen LogP contribution in [-0.4, -0.2) is 52.0 Å². The molecule has 7 nitrogen and oxygen atoms in total. The fourth-order valence-electron chi connectivity index (χ4n) is 5.48. The summed E-state index contributed by atoms with van der Waals surface area (Å²) in [6.45, 7) is 13.3. The van der Waals surface area contributed by atoms with Gasteiger partial charge >= 0.3 is 5.97 Å². The van der Waals surface area contributed by atoms with E-state index >= 15 is 0 Å². The molecule has 0 saturated carbocycles. The first-order valence-corrected chi connectivity index (χ1v) is 12.8. The summed E-state index contributed by atoms with van der Waals surface area (Å²) in [4.78, 5) is 11.6. The molecule has 1 aliphatic carbocycles. The minimum absolute atomic E-state index is 0.0761. The van der Waals surface area contributed by atoms with E-state index in [0.717, 1.165) is 36.8 Å². The quantitative estimate of drug-likeness (QED) is 0.371. The fourth-order valence-corrected chi connectivity index (χ4v) is 5.48. The van der Waals surface area contributed by atoms with Gasteiger partial charge in [-0.15, -0.1) is 0 Å². The van der Waals surface area contributed by atoms with Gasteiger partial charge in [-0.05, 0) is 82.3 Å². The van der Waals surface area contributed by atoms with Gasteiger partial charge in [0.2, 0.25) is 6.29 Å². The number of aromatic hydroxyl groups is 1. The van der Waals surface area contributed by atoms with Gasteiger partial charge in [0.25, 0.3) is 0 Å². The summed E-state index contributed by atoms with van der Waals surface area (Å²) in [7, 11) is 0. The Hall–Kier alpha value is -2.09. The largest absolute Gasteiger partial charge is 0.504 e. The number of carbonyl (C=O) groups is 1. The third kappa shape index (κ3) is 6.01. The number of hydrogen-bond donors (Lipinski definition) is 3. The van der Waals surface area contributed by atoms with E-state index in [1.54, 1.807) is 6.92 Å². The van der Waals surface area contributed by atoms with Crippen LogP contribution in [0.15, 0.2) is 17.7 Å². The third-order valence-electron chi connectivity index (χ3n) is 7.50. The summed E-state index contributed by atoms with van der Waals surface area (Å²) in [6.07, 6.45) is 0.694. The number of ether oxygens (including phenoxy) is 3. The second-order valence-electron chi connectivity index (χ2n) is 10.7. The first-order valence-electron chi connectivity index (χ1n) is 12.8. The fraction of sp³-hybridized carbons (Fsp3) is 0.679.